The van der Waals surface area contributed by atoms with Crippen molar-refractivity contribution in [3.63, 3.8) is 0 Å². The number of nitriles is 1. The summed E-state index contributed by atoms with van der Waals surface area (Å²) in [5.41, 5.74) is 6.08. The minimum atomic E-state index is -2.56. The summed E-state index contributed by atoms with van der Waals surface area (Å²) in [6.45, 7) is 4.00. The molecule has 1 aromatic rings. The van der Waals surface area contributed by atoms with Crippen molar-refractivity contribution >= 4 is 27.8 Å². The van der Waals surface area contributed by atoms with Gasteiger partial charge in [-0.15, -0.1) is 0 Å². The summed E-state index contributed by atoms with van der Waals surface area (Å²) in [6, 6.07) is 6.14. The summed E-state index contributed by atoms with van der Waals surface area (Å²) < 4.78 is 25.7. The molecule has 2 N–H and O–H groups in total. The Morgan fingerprint density at radius 1 is 1.45 bits per heavy atom. The average molecular weight is 344 g/mol. The van der Waals surface area contributed by atoms with Gasteiger partial charge in [0.2, 0.25) is 0 Å². The molecule has 0 unspecified atom stereocenters. The van der Waals surface area contributed by atoms with E-state index >= 15 is 0 Å². The maximum atomic E-state index is 12.6. The molecule has 0 saturated carbocycles. The van der Waals surface area contributed by atoms with E-state index in [0.29, 0.717) is 15.7 Å². The molecule has 3 nitrogen and oxygen atoms in total. The molecule has 0 radical (unpaired) electrons. The minimum Gasteiger partial charge on any atom is -0.404 e. The molecular formula is C14H16BrF2N3. The number of alkyl halides is 2. The lowest BCUT2D eigenvalue weighted by Crippen LogP contribution is -1.90. The Morgan fingerprint density at radius 2 is 2.10 bits per heavy atom. The van der Waals surface area contributed by atoms with Crippen molar-refractivity contribution in [2.75, 3.05) is 0 Å². The molecular weight excluding hydrogens is 328 g/mol. The van der Waals surface area contributed by atoms with E-state index < -0.39 is 6.43 Å². The standard InChI is InChI=1S/C12H10BrF2N3.C2H6/c13-10-3-9(12(14)15)4-11(5-10)18-7-8(6-17)1-2-16;1-2/h3-7,12H,1,17H2;1-2H3/b8-6-,18-7?;. The summed E-state index contributed by atoms with van der Waals surface area (Å²) in [5.74, 6) is 0. The van der Waals surface area contributed by atoms with Gasteiger partial charge < -0.3 is 5.73 Å². The summed E-state index contributed by atoms with van der Waals surface area (Å²) in [4.78, 5) is 4.01. The van der Waals surface area contributed by atoms with Crippen molar-refractivity contribution in [2.45, 2.75) is 26.7 Å². The van der Waals surface area contributed by atoms with Gasteiger partial charge in [-0.25, -0.2) is 8.78 Å². The molecule has 0 atom stereocenters. The van der Waals surface area contributed by atoms with E-state index in [1.807, 2.05) is 19.9 Å². The van der Waals surface area contributed by atoms with Gasteiger partial charge in [0.1, 0.15) is 0 Å². The van der Waals surface area contributed by atoms with Crippen LogP contribution >= 0.6 is 15.9 Å². The maximum absolute atomic E-state index is 12.6. The van der Waals surface area contributed by atoms with Gasteiger partial charge in [-0.05, 0) is 30.0 Å². The van der Waals surface area contributed by atoms with Crippen molar-refractivity contribution in [1.82, 2.24) is 0 Å². The third kappa shape index (κ3) is 6.43. The first kappa shape index (κ1) is 18.3. The number of aliphatic imine (C=N–C) groups is 1. The maximum Gasteiger partial charge on any atom is 0.263 e. The minimum absolute atomic E-state index is 0.116. The van der Waals surface area contributed by atoms with E-state index in [0.717, 1.165) is 0 Å². The highest BCUT2D eigenvalue weighted by atomic mass is 79.9. The van der Waals surface area contributed by atoms with Gasteiger partial charge in [0.15, 0.2) is 0 Å². The molecule has 108 valence electrons. The third-order valence-corrected chi connectivity index (χ3v) is 2.49. The zero-order valence-corrected chi connectivity index (χ0v) is 12.9. The van der Waals surface area contributed by atoms with Crippen LogP contribution in [0.15, 0.2) is 39.4 Å². The Hall–Kier alpha value is -1.74. The topological polar surface area (TPSA) is 62.2 Å². The highest BCUT2D eigenvalue weighted by Crippen LogP contribution is 2.28. The lowest BCUT2D eigenvalue weighted by Gasteiger charge is -2.02. The number of rotatable bonds is 4. The van der Waals surface area contributed by atoms with Crippen molar-refractivity contribution in [2.24, 2.45) is 10.7 Å². The molecule has 0 aliphatic rings. The number of hydrogen-bond acceptors (Lipinski definition) is 3. The fraction of sp³-hybridized carbons (Fsp3) is 0.286. The average Bonchev–Trinajstić information content (AvgIpc) is 2.45. The predicted octanol–water partition coefficient (Wildman–Crippen LogP) is 4.87. The number of benzene rings is 1. The molecule has 0 spiro atoms. The molecule has 1 rings (SSSR count). The van der Waals surface area contributed by atoms with Crippen LogP contribution in [0.2, 0.25) is 0 Å². The molecule has 0 aromatic heterocycles. The lowest BCUT2D eigenvalue weighted by molar-refractivity contribution is 0.151. The number of hydrogen-bond donors (Lipinski definition) is 1. The highest BCUT2D eigenvalue weighted by molar-refractivity contribution is 9.10. The van der Waals surface area contributed by atoms with Crippen LogP contribution in [0.5, 0.6) is 0 Å². The normalized spacial score (nSPS) is 11.2. The second-order valence-corrected chi connectivity index (χ2v) is 4.29. The number of halogens is 3. The smallest absolute Gasteiger partial charge is 0.263 e. The molecule has 0 heterocycles. The van der Waals surface area contributed by atoms with E-state index in [1.54, 1.807) is 6.07 Å². The molecule has 0 fully saturated rings. The first-order valence-electron chi connectivity index (χ1n) is 5.97. The van der Waals surface area contributed by atoms with Gasteiger partial charge in [-0.1, -0.05) is 29.8 Å². The Bertz CT molecular complexity index is 520. The number of nitrogens with two attached hydrogens (primary N) is 1. The van der Waals surface area contributed by atoms with E-state index in [1.165, 1.54) is 24.5 Å². The van der Waals surface area contributed by atoms with Crippen molar-refractivity contribution < 1.29 is 8.78 Å². The van der Waals surface area contributed by atoms with Gasteiger partial charge in [0.25, 0.3) is 6.43 Å². The fourth-order valence-corrected chi connectivity index (χ4v) is 1.69. The molecule has 6 heteroatoms. The molecule has 0 amide bonds. The Kier molecular flexibility index (Phi) is 9.22. The van der Waals surface area contributed by atoms with Crippen LogP contribution in [-0.2, 0) is 0 Å². The summed E-state index contributed by atoms with van der Waals surface area (Å²) >= 11 is 3.14. The van der Waals surface area contributed by atoms with Gasteiger partial charge in [0.05, 0.1) is 18.2 Å². The molecule has 0 aliphatic heterocycles. The van der Waals surface area contributed by atoms with E-state index in [4.69, 9.17) is 11.0 Å². The molecule has 0 saturated heterocycles. The number of nitrogens with zero attached hydrogens (tertiary/aromatic N) is 2. The van der Waals surface area contributed by atoms with Gasteiger partial charge in [0, 0.05) is 16.3 Å². The first-order chi connectivity index (χ1) is 9.56. The van der Waals surface area contributed by atoms with E-state index in [2.05, 4.69) is 20.9 Å². The largest absolute Gasteiger partial charge is 0.404 e. The molecule has 0 bridgehead atoms. The van der Waals surface area contributed by atoms with Crippen LogP contribution in [0.4, 0.5) is 14.5 Å². The van der Waals surface area contributed by atoms with Crippen LogP contribution in [-0.4, -0.2) is 6.21 Å². The van der Waals surface area contributed by atoms with Crippen LogP contribution in [0.1, 0.15) is 32.3 Å². The third-order valence-electron chi connectivity index (χ3n) is 2.03. The summed E-state index contributed by atoms with van der Waals surface area (Å²) in [6.07, 6.45) is 0.217. The second-order valence-electron chi connectivity index (χ2n) is 3.38. The van der Waals surface area contributed by atoms with Crippen LogP contribution in [0.3, 0.4) is 0 Å². The van der Waals surface area contributed by atoms with Gasteiger partial charge >= 0.3 is 0 Å². The number of allylic oxidation sites excluding steroid dienone is 1. The quantitative estimate of drug-likeness (QED) is 0.792. The summed E-state index contributed by atoms with van der Waals surface area (Å²) in [7, 11) is 0. The van der Waals surface area contributed by atoms with Crippen LogP contribution in [0, 0.1) is 11.3 Å². The Labute approximate surface area is 125 Å². The van der Waals surface area contributed by atoms with Gasteiger partial charge in [-0.3, -0.25) is 4.99 Å². The molecule has 20 heavy (non-hydrogen) atoms. The van der Waals surface area contributed by atoms with E-state index in [9.17, 15) is 8.78 Å². The zero-order valence-electron chi connectivity index (χ0n) is 11.3. The zero-order chi connectivity index (χ0) is 15.5. The first-order valence-corrected chi connectivity index (χ1v) is 6.76. The van der Waals surface area contributed by atoms with Gasteiger partial charge in [-0.2, -0.15) is 5.26 Å². The van der Waals surface area contributed by atoms with Crippen molar-refractivity contribution in [1.29, 1.82) is 5.26 Å². The highest BCUT2D eigenvalue weighted by Gasteiger charge is 2.08. The Morgan fingerprint density at radius 3 is 2.60 bits per heavy atom. The van der Waals surface area contributed by atoms with Crippen molar-refractivity contribution in [3.8, 4) is 6.07 Å². The monoisotopic (exact) mass is 343 g/mol. The second kappa shape index (κ2) is 10.1. The van der Waals surface area contributed by atoms with Crippen LogP contribution < -0.4 is 5.73 Å². The van der Waals surface area contributed by atoms with Crippen molar-refractivity contribution in [3.05, 3.63) is 40.0 Å². The SMILES string of the molecule is CC.N#CC/C(C=Nc1cc(Br)cc(C(F)F)c1)=C/N. The fourth-order valence-electron chi connectivity index (χ4n) is 1.19. The van der Waals surface area contributed by atoms with Crippen LogP contribution in [0.25, 0.3) is 0 Å². The lowest BCUT2D eigenvalue weighted by atomic mass is 10.2. The molecule has 0 aliphatic carbocycles. The van der Waals surface area contributed by atoms with E-state index in [-0.39, 0.29) is 12.0 Å². The summed E-state index contributed by atoms with van der Waals surface area (Å²) in [5, 5.41) is 8.51. The predicted molar refractivity (Wildman–Crippen MR) is 81.1 cm³/mol. The Balaban J connectivity index is 0.00000172. The molecule has 1 aromatic carbocycles.